The molecule has 0 N–H and O–H groups in total. The summed E-state index contributed by atoms with van der Waals surface area (Å²) in [6, 6.07) is 8.00. The van der Waals surface area contributed by atoms with Gasteiger partial charge in [-0.25, -0.2) is 0 Å². The van der Waals surface area contributed by atoms with Crippen LogP contribution in [0.5, 0.6) is 0 Å². The zero-order chi connectivity index (χ0) is 20.9. The number of benzene rings is 1. The van der Waals surface area contributed by atoms with Crippen LogP contribution in [0.2, 0.25) is 0 Å². The van der Waals surface area contributed by atoms with Crippen molar-refractivity contribution in [1.29, 1.82) is 0 Å². The molecule has 0 bridgehead atoms. The van der Waals surface area contributed by atoms with Crippen molar-refractivity contribution in [3.05, 3.63) is 47.7 Å². The van der Waals surface area contributed by atoms with E-state index in [9.17, 15) is 9.59 Å². The molecule has 160 valence electrons. The van der Waals surface area contributed by atoms with Crippen molar-refractivity contribution in [2.75, 3.05) is 20.8 Å². The molecule has 0 amide bonds. The fraction of sp³-hybridized carbons (Fsp3) is 0.583. The smallest absolute Gasteiger partial charge is 0.323 e. The Morgan fingerprint density at radius 2 is 1.70 bits per heavy atom. The average Bonchev–Trinajstić information content (AvgIpc) is 3.44. The first-order chi connectivity index (χ1) is 14.6. The lowest BCUT2D eigenvalue weighted by molar-refractivity contribution is -0.177. The minimum atomic E-state index is -1.17. The highest BCUT2D eigenvalue weighted by Crippen LogP contribution is 2.80. The Morgan fingerprint density at radius 3 is 2.37 bits per heavy atom. The molecular weight excluding hydrogens is 384 g/mol. The summed E-state index contributed by atoms with van der Waals surface area (Å²) >= 11 is 0. The molecule has 2 saturated carbocycles. The van der Waals surface area contributed by atoms with Gasteiger partial charge < -0.3 is 18.9 Å². The third-order valence-electron chi connectivity index (χ3n) is 7.78. The maximum Gasteiger partial charge on any atom is 0.323 e. The van der Waals surface area contributed by atoms with Crippen molar-refractivity contribution in [3.63, 3.8) is 0 Å². The minimum absolute atomic E-state index is 0.159. The second kappa shape index (κ2) is 7.12. The van der Waals surface area contributed by atoms with Crippen LogP contribution in [-0.2, 0) is 28.5 Å². The quantitative estimate of drug-likeness (QED) is 0.555. The first-order valence-electron chi connectivity index (χ1n) is 10.8. The summed E-state index contributed by atoms with van der Waals surface area (Å²) in [4.78, 5) is 25.3. The van der Waals surface area contributed by atoms with Crippen LogP contribution in [0, 0.1) is 17.3 Å². The van der Waals surface area contributed by atoms with Gasteiger partial charge >= 0.3 is 11.9 Å². The van der Waals surface area contributed by atoms with Crippen molar-refractivity contribution in [2.24, 2.45) is 17.3 Å². The van der Waals surface area contributed by atoms with Crippen molar-refractivity contribution >= 4 is 11.9 Å². The van der Waals surface area contributed by atoms with E-state index in [1.54, 1.807) is 0 Å². The molecule has 2 heterocycles. The van der Waals surface area contributed by atoms with E-state index in [0.717, 1.165) is 24.0 Å². The zero-order valence-corrected chi connectivity index (χ0v) is 17.5. The van der Waals surface area contributed by atoms with Gasteiger partial charge in [0.05, 0.1) is 20.5 Å². The number of ether oxygens (including phenoxy) is 4. The molecule has 4 atom stereocenters. The lowest BCUT2D eigenvalue weighted by atomic mass is 9.74. The topological polar surface area (TPSA) is 71.1 Å². The van der Waals surface area contributed by atoms with Gasteiger partial charge in [-0.05, 0) is 36.0 Å². The van der Waals surface area contributed by atoms with E-state index in [0.29, 0.717) is 12.5 Å². The highest BCUT2D eigenvalue weighted by molar-refractivity contribution is 5.96. The van der Waals surface area contributed by atoms with E-state index in [2.05, 4.69) is 12.1 Å². The summed E-state index contributed by atoms with van der Waals surface area (Å²) < 4.78 is 22.5. The molecule has 6 nitrogen and oxygen atoms in total. The van der Waals surface area contributed by atoms with Crippen molar-refractivity contribution in [3.8, 4) is 0 Å². The number of carbonyl (C=O) groups excluding carboxylic acids is 2. The summed E-state index contributed by atoms with van der Waals surface area (Å²) in [5.74, 6) is -1.81. The Hall–Kier alpha value is -2.34. The van der Waals surface area contributed by atoms with Crippen LogP contribution in [0.25, 0.3) is 0 Å². The van der Waals surface area contributed by atoms with Crippen LogP contribution in [-0.4, -0.2) is 38.4 Å². The predicted octanol–water partition coefficient (Wildman–Crippen LogP) is 3.67. The van der Waals surface area contributed by atoms with Crippen LogP contribution in [0.3, 0.4) is 0 Å². The largest absolute Gasteiger partial charge is 0.498 e. The first kappa shape index (κ1) is 19.6. The average molecular weight is 412 g/mol. The molecule has 30 heavy (non-hydrogen) atoms. The summed E-state index contributed by atoms with van der Waals surface area (Å²) in [7, 11) is 2.56. The third kappa shape index (κ3) is 2.46. The van der Waals surface area contributed by atoms with Gasteiger partial charge in [0.2, 0.25) is 0 Å². The molecule has 2 aliphatic heterocycles. The van der Waals surface area contributed by atoms with E-state index in [1.165, 1.54) is 33.5 Å². The Morgan fingerprint density at radius 1 is 1.03 bits per heavy atom. The van der Waals surface area contributed by atoms with Crippen LogP contribution >= 0.6 is 0 Å². The first-order valence-corrected chi connectivity index (χ1v) is 10.8. The Kier molecular flexibility index (Phi) is 4.65. The molecule has 1 aromatic rings. The Balaban J connectivity index is 1.63. The molecule has 2 fully saturated rings. The SMILES string of the molecule is COC(=O)C(C(=O)OC)C1OC23COC=CC2(C2CCCCC2)C3c2ccccc21. The maximum atomic E-state index is 12.6. The normalized spacial score (nSPS) is 34.2. The highest BCUT2D eigenvalue weighted by atomic mass is 16.6. The molecule has 0 radical (unpaired) electrons. The van der Waals surface area contributed by atoms with Crippen LogP contribution in [0.1, 0.15) is 55.3 Å². The predicted molar refractivity (Wildman–Crippen MR) is 107 cm³/mol. The second-order valence-electron chi connectivity index (χ2n) is 8.90. The van der Waals surface area contributed by atoms with Crippen molar-refractivity contribution in [1.82, 2.24) is 0 Å². The Labute approximate surface area is 176 Å². The van der Waals surface area contributed by atoms with Gasteiger partial charge in [-0.3, -0.25) is 9.59 Å². The number of methoxy groups -OCH3 is 2. The summed E-state index contributed by atoms with van der Waals surface area (Å²) in [5, 5.41) is 0. The Bertz CT molecular complexity index is 871. The molecule has 2 aliphatic carbocycles. The van der Waals surface area contributed by atoms with Crippen LogP contribution in [0.4, 0.5) is 0 Å². The number of hydrogen-bond acceptors (Lipinski definition) is 6. The molecule has 0 saturated heterocycles. The van der Waals surface area contributed by atoms with Crippen LogP contribution in [0.15, 0.2) is 36.6 Å². The number of carbonyl (C=O) groups is 2. The highest BCUT2D eigenvalue weighted by Gasteiger charge is 2.83. The lowest BCUT2D eigenvalue weighted by Gasteiger charge is -2.38. The summed E-state index contributed by atoms with van der Waals surface area (Å²) in [5.41, 5.74) is 1.29. The monoisotopic (exact) mass is 412 g/mol. The number of fused-ring (bicyclic) bond motifs is 3. The number of hydrogen-bond donors (Lipinski definition) is 0. The van der Waals surface area contributed by atoms with Crippen molar-refractivity contribution < 1.29 is 28.5 Å². The molecule has 1 spiro atoms. The number of rotatable bonds is 4. The van der Waals surface area contributed by atoms with Gasteiger partial charge in [-0.1, -0.05) is 43.5 Å². The van der Waals surface area contributed by atoms with Crippen LogP contribution < -0.4 is 0 Å². The fourth-order valence-electron chi connectivity index (χ4n) is 6.51. The molecular formula is C24H28O6. The third-order valence-corrected chi connectivity index (χ3v) is 7.78. The summed E-state index contributed by atoms with van der Waals surface area (Å²) in [6.45, 7) is 0.421. The van der Waals surface area contributed by atoms with Crippen molar-refractivity contribution in [2.45, 2.75) is 49.7 Å². The molecule has 5 rings (SSSR count). The van der Waals surface area contributed by atoms with Gasteiger partial charge in [-0.2, -0.15) is 0 Å². The van der Waals surface area contributed by atoms with E-state index in [-0.39, 0.29) is 11.3 Å². The lowest BCUT2D eigenvalue weighted by Crippen LogP contribution is -2.42. The minimum Gasteiger partial charge on any atom is -0.498 e. The van der Waals surface area contributed by atoms with Gasteiger partial charge in [-0.15, -0.1) is 0 Å². The van der Waals surface area contributed by atoms with E-state index >= 15 is 0 Å². The second-order valence-corrected chi connectivity index (χ2v) is 8.90. The van der Waals surface area contributed by atoms with E-state index in [1.807, 2.05) is 24.5 Å². The fourth-order valence-corrected chi connectivity index (χ4v) is 6.51. The van der Waals surface area contributed by atoms with E-state index < -0.39 is 29.6 Å². The molecule has 4 unspecified atom stereocenters. The molecule has 6 heteroatoms. The molecule has 1 aromatic carbocycles. The molecule has 0 aromatic heterocycles. The zero-order valence-electron chi connectivity index (χ0n) is 17.5. The van der Waals surface area contributed by atoms with Gasteiger partial charge in [0.1, 0.15) is 18.3 Å². The summed E-state index contributed by atoms with van der Waals surface area (Å²) in [6.07, 6.45) is 9.30. The van der Waals surface area contributed by atoms with Gasteiger partial charge in [0.25, 0.3) is 0 Å². The van der Waals surface area contributed by atoms with Gasteiger partial charge in [0.15, 0.2) is 5.92 Å². The number of esters is 2. The van der Waals surface area contributed by atoms with E-state index in [4.69, 9.17) is 18.9 Å². The molecule has 4 aliphatic rings. The maximum absolute atomic E-state index is 12.6. The standard InChI is InChI=1S/C24H28O6/c1-27-21(25)18(22(26)28-2)19-16-10-6-7-11-17(16)20-23(15-8-4-3-5-9-15)12-13-29-14-24(20,23)30-19/h6-7,10-13,15,18-20H,3-5,8-9,14H2,1-2H3. The van der Waals surface area contributed by atoms with Gasteiger partial charge in [0, 0.05) is 11.3 Å².